The predicted molar refractivity (Wildman–Crippen MR) is 130 cm³/mol. The molecule has 0 bridgehead atoms. The van der Waals surface area contributed by atoms with Gasteiger partial charge in [0.05, 0.1) is 5.92 Å². The summed E-state index contributed by atoms with van der Waals surface area (Å²) in [6, 6.07) is 12.6. The maximum Gasteiger partial charge on any atom is 0.227 e. The Balaban J connectivity index is 1.48. The standard InChI is InChI=1S/C27H33N5O/c1-3-12-32-14-13-31(19-22-16-29-26(4-2)30-17-22)20-25(27(32)33)15-21-7-9-23(10-8-21)24-6-5-11-28-18-24/h5-11,16-18,25H,3-4,12-15,19-20H2,1-2H3. The molecule has 2 aromatic heterocycles. The summed E-state index contributed by atoms with van der Waals surface area (Å²) in [6.07, 6.45) is 10.1. The van der Waals surface area contributed by atoms with Gasteiger partial charge >= 0.3 is 0 Å². The summed E-state index contributed by atoms with van der Waals surface area (Å²) in [5, 5.41) is 0. The van der Waals surface area contributed by atoms with Crippen LogP contribution >= 0.6 is 0 Å². The highest BCUT2D eigenvalue weighted by molar-refractivity contribution is 5.79. The van der Waals surface area contributed by atoms with Gasteiger partial charge in [0.2, 0.25) is 5.91 Å². The number of carbonyl (C=O) groups is 1. The molecule has 172 valence electrons. The summed E-state index contributed by atoms with van der Waals surface area (Å²) in [4.78, 5) is 30.9. The molecule has 1 amide bonds. The maximum absolute atomic E-state index is 13.4. The van der Waals surface area contributed by atoms with Gasteiger partial charge in [0.1, 0.15) is 5.82 Å². The molecule has 3 aromatic rings. The second-order valence-corrected chi connectivity index (χ2v) is 8.76. The zero-order valence-electron chi connectivity index (χ0n) is 19.7. The second-order valence-electron chi connectivity index (χ2n) is 8.76. The van der Waals surface area contributed by atoms with E-state index < -0.39 is 0 Å². The van der Waals surface area contributed by atoms with E-state index in [0.717, 1.165) is 74.5 Å². The molecule has 0 spiro atoms. The number of rotatable bonds is 8. The third-order valence-corrected chi connectivity index (χ3v) is 6.23. The quantitative estimate of drug-likeness (QED) is 0.526. The van der Waals surface area contributed by atoms with E-state index in [1.165, 1.54) is 5.56 Å². The van der Waals surface area contributed by atoms with Gasteiger partial charge in [0.15, 0.2) is 0 Å². The molecule has 6 nitrogen and oxygen atoms in total. The Kier molecular flexibility index (Phi) is 7.79. The van der Waals surface area contributed by atoms with Crippen molar-refractivity contribution in [3.63, 3.8) is 0 Å². The van der Waals surface area contributed by atoms with Gasteiger partial charge < -0.3 is 4.90 Å². The molecule has 33 heavy (non-hydrogen) atoms. The highest BCUT2D eigenvalue weighted by Gasteiger charge is 2.30. The molecule has 4 rings (SSSR count). The molecule has 1 atom stereocenters. The van der Waals surface area contributed by atoms with Crippen molar-refractivity contribution < 1.29 is 4.79 Å². The molecule has 0 N–H and O–H groups in total. The van der Waals surface area contributed by atoms with Gasteiger partial charge in [-0.3, -0.25) is 14.7 Å². The van der Waals surface area contributed by atoms with Crippen LogP contribution in [0.4, 0.5) is 0 Å². The smallest absolute Gasteiger partial charge is 0.227 e. The van der Waals surface area contributed by atoms with E-state index >= 15 is 0 Å². The number of amides is 1. The molecular formula is C27H33N5O. The predicted octanol–water partition coefficient (Wildman–Crippen LogP) is 4.01. The molecule has 1 fully saturated rings. The fourth-order valence-electron chi connectivity index (χ4n) is 4.45. The van der Waals surface area contributed by atoms with Gasteiger partial charge in [0, 0.05) is 69.5 Å². The summed E-state index contributed by atoms with van der Waals surface area (Å²) in [7, 11) is 0. The number of carbonyl (C=O) groups excluding carboxylic acids is 1. The molecular weight excluding hydrogens is 410 g/mol. The number of hydrogen-bond donors (Lipinski definition) is 0. The zero-order valence-corrected chi connectivity index (χ0v) is 19.7. The summed E-state index contributed by atoms with van der Waals surface area (Å²) in [5.41, 5.74) is 4.54. The number of nitrogens with zero attached hydrogens (tertiary/aromatic N) is 5. The van der Waals surface area contributed by atoms with E-state index in [9.17, 15) is 4.79 Å². The molecule has 1 aliphatic heterocycles. The van der Waals surface area contributed by atoms with Crippen LogP contribution in [0.15, 0.2) is 61.2 Å². The van der Waals surface area contributed by atoms with E-state index in [4.69, 9.17) is 0 Å². The number of pyridine rings is 1. The molecule has 0 saturated carbocycles. The molecule has 3 heterocycles. The second kappa shape index (κ2) is 11.1. The van der Waals surface area contributed by atoms with Crippen molar-refractivity contribution in [1.29, 1.82) is 0 Å². The molecule has 0 radical (unpaired) electrons. The van der Waals surface area contributed by atoms with Crippen LogP contribution < -0.4 is 0 Å². The fourth-order valence-corrected chi connectivity index (χ4v) is 4.45. The average molecular weight is 444 g/mol. The number of aromatic nitrogens is 3. The molecule has 1 aliphatic rings. The van der Waals surface area contributed by atoms with Gasteiger partial charge in [-0.25, -0.2) is 9.97 Å². The van der Waals surface area contributed by atoms with Crippen LogP contribution in [0.5, 0.6) is 0 Å². The van der Waals surface area contributed by atoms with E-state index in [0.29, 0.717) is 0 Å². The zero-order chi connectivity index (χ0) is 23.0. The van der Waals surface area contributed by atoms with Crippen LogP contribution in [0.1, 0.15) is 37.2 Å². The summed E-state index contributed by atoms with van der Waals surface area (Å²) < 4.78 is 0. The Labute approximate surface area is 196 Å². The first kappa shape index (κ1) is 23.1. The van der Waals surface area contributed by atoms with Crippen molar-refractivity contribution in [1.82, 2.24) is 24.8 Å². The summed E-state index contributed by atoms with van der Waals surface area (Å²) in [5.74, 6) is 1.08. The Morgan fingerprint density at radius 2 is 1.73 bits per heavy atom. The van der Waals surface area contributed by atoms with Crippen LogP contribution in [0.2, 0.25) is 0 Å². The Hall–Kier alpha value is -3.12. The largest absolute Gasteiger partial charge is 0.341 e. The van der Waals surface area contributed by atoms with Gasteiger partial charge in [-0.1, -0.05) is 44.2 Å². The van der Waals surface area contributed by atoms with Crippen molar-refractivity contribution in [2.24, 2.45) is 5.92 Å². The molecule has 6 heteroatoms. The van der Waals surface area contributed by atoms with Crippen molar-refractivity contribution in [2.45, 2.75) is 39.7 Å². The number of aryl methyl sites for hydroxylation is 1. The lowest BCUT2D eigenvalue weighted by molar-refractivity contribution is -0.134. The normalized spacial score (nSPS) is 17.2. The Morgan fingerprint density at radius 1 is 0.939 bits per heavy atom. The van der Waals surface area contributed by atoms with Crippen LogP contribution in [-0.4, -0.2) is 56.8 Å². The monoisotopic (exact) mass is 443 g/mol. The van der Waals surface area contributed by atoms with Crippen LogP contribution in [0.3, 0.4) is 0 Å². The molecule has 1 saturated heterocycles. The lowest BCUT2D eigenvalue weighted by atomic mass is 9.96. The maximum atomic E-state index is 13.4. The van der Waals surface area contributed by atoms with E-state index in [1.54, 1.807) is 6.20 Å². The highest BCUT2D eigenvalue weighted by Crippen LogP contribution is 2.22. The van der Waals surface area contributed by atoms with Crippen LogP contribution in [0, 0.1) is 5.92 Å². The van der Waals surface area contributed by atoms with Gasteiger partial charge in [-0.2, -0.15) is 0 Å². The van der Waals surface area contributed by atoms with Gasteiger partial charge in [-0.05, 0) is 35.6 Å². The summed E-state index contributed by atoms with van der Waals surface area (Å²) >= 11 is 0. The van der Waals surface area contributed by atoms with E-state index in [-0.39, 0.29) is 11.8 Å². The third-order valence-electron chi connectivity index (χ3n) is 6.23. The molecule has 1 aromatic carbocycles. The Morgan fingerprint density at radius 3 is 2.39 bits per heavy atom. The van der Waals surface area contributed by atoms with Gasteiger partial charge in [0.25, 0.3) is 0 Å². The van der Waals surface area contributed by atoms with Crippen LogP contribution in [-0.2, 0) is 24.2 Å². The average Bonchev–Trinajstić information content (AvgIpc) is 3.00. The lowest BCUT2D eigenvalue weighted by Gasteiger charge is -2.24. The van der Waals surface area contributed by atoms with Crippen molar-refractivity contribution in [2.75, 3.05) is 26.2 Å². The first-order chi connectivity index (χ1) is 16.2. The minimum atomic E-state index is -0.0564. The van der Waals surface area contributed by atoms with Crippen molar-refractivity contribution in [3.8, 4) is 11.1 Å². The molecule has 1 unspecified atom stereocenters. The highest BCUT2D eigenvalue weighted by atomic mass is 16.2. The Bertz CT molecular complexity index is 1020. The molecule has 0 aliphatic carbocycles. The number of benzene rings is 1. The van der Waals surface area contributed by atoms with E-state index in [2.05, 4.69) is 64.0 Å². The minimum absolute atomic E-state index is 0.0564. The lowest BCUT2D eigenvalue weighted by Crippen LogP contribution is -2.37. The number of hydrogen-bond acceptors (Lipinski definition) is 5. The fraction of sp³-hybridized carbons (Fsp3) is 0.407. The third kappa shape index (κ3) is 6.02. The topological polar surface area (TPSA) is 62.2 Å². The van der Waals surface area contributed by atoms with Crippen molar-refractivity contribution in [3.05, 3.63) is 78.1 Å². The first-order valence-corrected chi connectivity index (χ1v) is 12.0. The minimum Gasteiger partial charge on any atom is -0.341 e. The van der Waals surface area contributed by atoms with Gasteiger partial charge in [-0.15, -0.1) is 0 Å². The SMILES string of the molecule is CCCN1CCN(Cc2cnc(CC)nc2)CC(Cc2ccc(-c3cccnc3)cc2)C1=O. The summed E-state index contributed by atoms with van der Waals surface area (Å²) in [6.45, 7) is 8.18. The van der Waals surface area contributed by atoms with Crippen LogP contribution in [0.25, 0.3) is 11.1 Å². The van der Waals surface area contributed by atoms with Crippen molar-refractivity contribution >= 4 is 5.91 Å². The van der Waals surface area contributed by atoms with E-state index in [1.807, 2.05) is 29.6 Å². The first-order valence-electron chi connectivity index (χ1n) is 12.0.